The summed E-state index contributed by atoms with van der Waals surface area (Å²) in [6.07, 6.45) is 0. The summed E-state index contributed by atoms with van der Waals surface area (Å²) in [6, 6.07) is 22.1. The van der Waals surface area contributed by atoms with Crippen LogP contribution in [0.5, 0.6) is 0 Å². The van der Waals surface area contributed by atoms with Crippen LogP contribution in [0, 0.1) is 0 Å². The molecule has 0 bridgehead atoms. The van der Waals surface area contributed by atoms with Crippen LogP contribution in [0.15, 0.2) is 86.6 Å². The second-order valence-electron chi connectivity index (χ2n) is 8.11. The van der Waals surface area contributed by atoms with Crippen LogP contribution in [0.25, 0.3) is 0 Å². The average Bonchev–Trinajstić information content (AvgIpc) is 2.85. The van der Waals surface area contributed by atoms with E-state index >= 15 is 0 Å². The highest BCUT2D eigenvalue weighted by Gasteiger charge is 2.29. The lowest BCUT2D eigenvalue weighted by Gasteiger charge is -2.34. The van der Waals surface area contributed by atoms with Crippen molar-refractivity contribution in [2.75, 3.05) is 26.2 Å². The number of rotatable bonds is 7. The molecule has 1 N–H and O–H groups in total. The number of hydrogen-bond donors (Lipinski definition) is 1. The van der Waals surface area contributed by atoms with Crippen molar-refractivity contribution in [2.45, 2.75) is 18.0 Å². The first-order valence-corrected chi connectivity index (χ1v) is 13.9. The number of nitrogens with one attached hydrogen (secondary N) is 1. The van der Waals surface area contributed by atoms with Gasteiger partial charge in [0.1, 0.15) is 0 Å². The lowest BCUT2D eigenvalue weighted by atomic mass is 10.2. The quantitative estimate of drug-likeness (QED) is 0.425. The van der Waals surface area contributed by atoms with Crippen LogP contribution in [-0.4, -0.2) is 49.7 Å². The number of amides is 1. The number of hydrogen-bond acceptors (Lipinski definition) is 4. The number of nitrogens with zero attached hydrogens (tertiary/aromatic N) is 2. The molecule has 1 amide bonds. The highest BCUT2D eigenvalue weighted by molar-refractivity contribution is 9.11. The Hall–Kier alpha value is -2.04. The van der Waals surface area contributed by atoms with Crippen LogP contribution in [0.1, 0.15) is 21.5 Å². The topological polar surface area (TPSA) is 69.7 Å². The molecule has 0 unspecified atom stereocenters. The van der Waals surface area contributed by atoms with Gasteiger partial charge in [0, 0.05) is 53.8 Å². The molecule has 0 atom stereocenters. The molecule has 1 aliphatic rings. The molecule has 0 spiro atoms. The summed E-state index contributed by atoms with van der Waals surface area (Å²) in [5.74, 6) is -0.323. The molecular weight excluding hydrogens is 582 g/mol. The third-order valence-electron chi connectivity index (χ3n) is 5.76. The fraction of sp³-hybridized carbons (Fsp3) is 0.240. The van der Waals surface area contributed by atoms with Gasteiger partial charge in [-0.15, -0.1) is 0 Å². The minimum atomic E-state index is -3.68. The third kappa shape index (κ3) is 6.14. The molecule has 3 aromatic rings. The van der Waals surface area contributed by atoms with E-state index < -0.39 is 10.0 Å². The van der Waals surface area contributed by atoms with E-state index in [1.165, 1.54) is 15.9 Å². The Morgan fingerprint density at radius 3 is 2.35 bits per heavy atom. The Morgan fingerprint density at radius 2 is 1.62 bits per heavy atom. The summed E-state index contributed by atoms with van der Waals surface area (Å²) in [5, 5.41) is 2.87. The van der Waals surface area contributed by atoms with Crippen LogP contribution >= 0.6 is 31.9 Å². The van der Waals surface area contributed by atoms with E-state index in [0.717, 1.165) is 21.1 Å². The summed E-state index contributed by atoms with van der Waals surface area (Å²) in [6.45, 7) is 3.29. The van der Waals surface area contributed by atoms with E-state index in [9.17, 15) is 13.2 Å². The number of carbonyl (C=O) groups is 1. The zero-order valence-corrected chi connectivity index (χ0v) is 22.4. The Bertz CT molecular complexity index is 1260. The molecule has 34 heavy (non-hydrogen) atoms. The van der Waals surface area contributed by atoms with Gasteiger partial charge in [-0.25, -0.2) is 8.42 Å². The molecule has 0 aliphatic carbocycles. The first-order valence-electron chi connectivity index (χ1n) is 10.9. The molecule has 1 aliphatic heterocycles. The van der Waals surface area contributed by atoms with Crippen LogP contribution in [-0.2, 0) is 23.1 Å². The molecular formula is C25H25Br2N3O3S. The summed E-state index contributed by atoms with van der Waals surface area (Å²) >= 11 is 6.91. The largest absolute Gasteiger partial charge is 0.348 e. The van der Waals surface area contributed by atoms with Crippen molar-refractivity contribution in [3.05, 3.63) is 98.4 Å². The van der Waals surface area contributed by atoms with Crippen LogP contribution in [0.3, 0.4) is 0 Å². The van der Waals surface area contributed by atoms with Crippen molar-refractivity contribution in [3.8, 4) is 0 Å². The SMILES string of the molecule is O=C(NCc1cc(Br)ccc1Br)c1cccc(S(=O)(=O)N2CCN(Cc3ccccc3)CC2)c1. The fourth-order valence-electron chi connectivity index (χ4n) is 3.87. The number of carbonyl (C=O) groups excluding carboxylic acids is 1. The second kappa shape index (κ2) is 11.1. The number of halogens is 2. The van der Waals surface area contributed by atoms with Gasteiger partial charge in [0.25, 0.3) is 5.91 Å². The highest BCUT2D eigenvalue weighted by Crippen LogP contribution is 2.22. The monoisotopic (exact) mass is 605 g/mol. The first kappa shape index (κ1) is 25.1. The van der Waals surface area contributed by atoms with E-state index in [4.69, 9.17) is 0 Å². The van der Waals surface area contributed by atoms with Gasteiger partial charge in [0.05, 0.1) is 4.90 Å². The molecule has 1 heterocycles. The lowest BCUT2D eigenvalue weighted by Crippen LogP contribution is -2.48. The van der Waals surface area contributed by atoms with E-state index in [2.05, 4.69) is 54.2 Å². The summed E-state index contributed by atoms with van der Waals surface area (Å²) in [4.78, 5) is 15.1. The summed E-state index contributed by atoms with van der Waals surface area (Å²) in [7, 11) is -3.68. The normalized spacial score (nSPS) is 15.2. The first-order chi connectivity index (χ1) is 16.3. The van der Waals surface area contributed by atoms with E-state index in [-0.39, 0.29) is 10.8 Å². The maximum Gasteiger partial charge on any atom is 0.251 e. The molecule has 9 heteroatoms. The Morgan fingerprint density at radius 1 is 0.882 bits per heavy atom. The van der Waals surface area contributed by atoms with Crippen molar-refractivity contribution in [2.24, 2.45) is 0 Å². The van der Waals surface area contributed by atoms with E-state index in [1.807, 2.05) is 36.4 Å². The predicted molar refractivity (Wildman–Crippen MR) is 140 cm³/mol. The van der Waals surface area contributed by atoms with E-state index in [1.54, 1.807) is 18.2 Å². The van der Waals surface area contributed by atoms with Gasteiger partial charge in [-0.2, -0.15) is 4.31 Å². The maximum absolute atomic E-state index is 13.3. The van der Waals surface area contributed by atoms with Gasteiger partial charge in [-0.05, 0) is 47.5 Å². The third-order valence-corrected chi connectivity index (χ3v) is 8.92. The molecule has 1 fully saturated rings. The van der Waals surface area contributed by atoms with Gasteiger partial charge in [0.2, 0.25) is 10.0 Å². The fourth-order valence-corrected chi connectivity index (χ4v) is 6.14. The molecule has 4 rings (SSSR count). The molecule has 0 aromatic heterocycles. The molecule has 6 nitrogen and oxygen atoms in total. The minimum Gasteiger partial charge on any atom is -0.348 e. The van der Waals surface area contributed by atoms with Gasteiger partial charge in [-0.3, -0.25) is 9.69 Å². The van der Waals surface area contributed by atoms with Crippen molar-refractivity contribution >= 4 is 47.8 Å². The van der Waals surface area contributed by atoms with Gasteiger partial charge in [0.15, 0.2) is 0 Å². The lowest BCUT2D eigenvalue weighted by molar-refractivity contribution is 0.0950. The predicted octanol–water partition coefficient (Wildman–Crippen LogP) is 4.65. The highest BCUT2D eigenvalue weighted by atomic mass is 79.9. The standard InChI is InChI=1S/C25H25Br2N3O3S/c26-22-9-10-24(27)21(15-22)17-28-25(31)20-7-4-8-23(16-20)34(32,33)30-13-11-29(12-14-30)18-19-5-2-1-3-6-19/h1-10,15-16H,11-14,17-18H2,(H,28,31). The molecule has 0 radical (unpaired) electrons. The van der Waals surface area contributed by atoms with Crippen molar-refractivity contribution in [1.29, 1.82) is 0 Å². The summed E-state index contributed by atoms with van der Waals surface area (Å²) in [5.41, 5.74) is 2.45. The zero-order chi connectivity index (χ0) is 24.1. The number of benzene rings is 3. The van der Waals surface area contributed by atoms with E-state index in [0.29, 0.717) is 38.3 Å². The van der Waals surface area contributed by atoms with Crippen molar-refractivity contribution in [1.82, 2.24) is 14.5 Å². The number of sulfonamides is 1. The van der Waals surface area contributed by atoms with Crippen LogP contribution in [0.4, 0.5) is 0 Å². The Balaban J connectivity index is 1.39. The smallest absolute Gasteiger partial charge is 0.251 e. The van der Waals surface area contributed by atoms with Crippen LogP contribution < -0.4 is 5.32 Å². The molecule has 3 aromatic carbocycles. The van der Waals surface area contributed by atoms with Gasteiger partial charge >= 0.3 is 0 Å². The Labute approximate surface area is 217 Å². The second-order valence-corrected chi connectivity index (χ2v) is 11.8. The molecule has 1 saturated heterocycles. The maximum atomic E-state index is 13.3. The summed E-state index contributed by atoms with van der Waals surface area (Å²) < 4.78 is 29.8. The van der Waals surface area contributed by atoms with Gasteiger partial charge in [-0.1, -0.05) is 68.3 Å². The molecule has 0 saturated carbocycles. The zero-order valence-electron chi connectivity index (χ0n) is 18.5. The minimum absolute atomic E-state index is 0.139. The van der Waals surface area contributed by atoms with Crippen molar-refractivity contribution < 1.29 is 13.2 Å². The van der Waals surface area contributed by atoms with Crippen LogP contribution in [0.2, 0.25) is 0 Å². The number of piperazine rings is 1. The van der Waals surface area contributed by atoms with Gasteiger partial charge < -0.3 is 5.32 Å². The van der Waals surface area contributed by atoms with Crippen molar-refractivity contribution in [3.63, 3.8) is 0 Å². The molecule has 178 valence electrons. The Kier molecular flexibility index (Phi) is 8.21. The average molecular weight is 607 g/mol.